The van der Waals surface area contributed by atoms with E-state index in [9.17, 15) is 4.79 Å². The molecule has 0 atom stereocenters. The highest BCUT2D eigenvalue weighted by Gasteiger charge is 1.84. The molecule has 0 radical (unpaired) electrons. The van der Waals surface area contributed by atoms with Gasteiger partial charge in [-0.3, -0.25) is 4.79 Å². The highest BCUT2D eigenvalue weighted by Crippen LogP contribution is 2.04. The minimum Gasteiger partial charge on any atom is -0.299 e. The molecule has 1 heteroatoms. The van der Waals surface area contributed by atoms with Gasteiger partial charge < -0.3 is 0 Å². The third-order valence-corrected chi connectivity index (χ3v) is 2.35. The molecule has 0 aliphatic carbocycles. The van der Waals surface area contributed by atoms with E-state index in [0.717, 1.165) is 25.5 Å². The summed E-state index contributed by atoms with van der Waals surface area (Å²) in [5.41, 5.74) is 0. The molecular formula is C14H24O. The molecule has 0 aromatic rings. The van der Waals surface area contributed by atoms with Gasteiger partial charge in [0.2, 0.25) is 0 Å². The largest absolute Gasteiger partial charge is 0.299 e. The van der Waals surface area contributed by atoms with Gasteiger partial charge in [-0.05, 0) is 38.2 Å². The molecule has 0 bridgehead atoms. The normalized spacial score (nSPS) is 11.5. The highest BCUT2D eigenvalue weighted by molar-refractivity contribution is 5.64. The van der Waals surface area contributed by atoms with Gasteiger partial charge in [-0.1, -0.05) is 44.4 Å². The molecular weight excluding hydrogens is 184 g/mol. The average molecular weight is 208 g/mol. The fourth-order valence-electron chi connectivity index (χ4n) is 1.43. The predicted molar refractivity (Wildman–Crippen MR) is 67.0 cm³/mol. The molecule has 0 aromatic carbocycles. The minimum absolute atomic E-state index is 0.837. The highest BCUT2D eigenvalue weighted by atomic mass is 16.1. The van der Waals surface area contributed by atoms with Crippen LogP contribution in [-0.4, -0.2) is 6.29 Å². The van der Waals surface area contributed by atoms with Crippen LogP contribution in [0.1, 0.15) is 58.3 Å². The molecule has 0 fully saturated rings. The lowest BCUT2D eigenvalue weighted by atomic mass is 10.1. The van der Waals surface area contributed by atoms with Crippen molar-refractivity contribution in [1.29, 1.82) is 0 Å². The first-order valence-corrected chi connectivity index (χ1v) is 6.17. The van der Waals surface area contributed by atoms with Crippen LogP contribution in [0.4, 0.5) is 0 Å². The smallest absolute Gasteiger partial charge is 0.142 e. The molecule has 1 nitrogen and oxygen atoms in total. The molecule has 0 saturated heterocycles. The maximum Gasteiger partial charge on any atom is 0.142 e. The van der Waals surface area contributed by atoms with Crippen LogP contribution >= 0.6 is 0 Å². The SMILES string of the molecule is CCCCCCC=CCCCC=CC=O. The van der Waals surface area contributed by atoms with Crippen LogP contribution in [0.2, 0.25) is 0 Å². The average Bonchev–Trinajstić information content (AvgIpc) is 2.26. The summed E-state index contributed by atoms with van der Waals surface area (Å²) in [6.45, 7) is 2.24. The first-order valence-electron chi connectivity index (χ1n) is 6.17. The number of carbonyl (C=O) groups is 1. The quantitative estimate of drug-likeness (QED) is 0.224. The summed E-state index contributed by atoms with van der Waals surface area (Å²) in [4.78, 5) is 9.96. The third-order valence-electron chi connectivity index (χ3n) is 2.35. The van der Waals surface area contributed by atoms with Gasteiger partial charge in [0, 0.05) is 0 Å². The molecule has 0 unspecified atom stereocenters. The van der Waals surface area contributed by atoms with Crippen molar-refractivity contribution >= 4 is 6.29 Å². The van der Waals surface area contributed by atoms with E-state index >= 15 is 0 Å². The molecule has 0 saturated carbocycles. The van der Waals surface area contributed by atoms with Crippen LogP contribution < -0.4 is 0 Å². The van der Waals surface area contributed by atoms with Crippen LogP contribution in [-0.2, 0) is 4.79 Å². The lowest BCUT2D eigenvalue weighted by molar-refractivity contribution is -0.104. The first kappa shape index (κ1) is 14.2. The Morgan fingerprint density at radius 2 is 1.47 bits per heavy atom. The van der Waals surface area contributed by atoms with Crippen LogP contribution in [0.3, 0.4) is 0 Å². The number of allylic oxidation sites excluding steroid dienone is 4. The monoisotopic (exact) mass is 208 g/mol. The van der Waals surface area contributed by atoms with Crippen LogP contribution in [0.5, 0.6) is 0 Å². The number of hydrogen-bond donors (Lipinski definition) is 0. The Kier molecular flexibility index (Phi) is 12.4. The van der Waals surface area contributed by atoms with Crippen LogP contribution in [0, 0.1) is 0 Å². The van der Waals surface area contributed by atoms with E-state index in [2.05, 4.69) is 19.1 Å². The van der Waals surface area contributed by atoms with Crippen molar-refractivity contribution in [3.63, 3.8) is 0 Å². The zero-order valence-electron chi connectivity index (χ0n) is 9.95. The first-order chi connectivity index (χ1) is 7.41. The van der Waals surface area contributed by atoms with E-state index in [1.807, 2.05) is 6.08 Å². The second-order valence-corrected chi connectivity index (χ2v) is 3.82. The second-order valence-electron chi connectivity index (χ2n) is 3.82. The van der Waals surface area contributed by atoms with Gasteiger partial charge in [-0.2, -0.15) is 0 Å². The molecule has 0 spiro atoms. The fourth-order valence-corrected chi connectivity index (χ4v) is 1.43. The van der Waals surface area contributed by atoms with Gasteiger partial charge in [0.25, 0.3) is 0 Å². The fraction of sp³-hybridized carbons (Fsp3) is 0.643. The summed E-state index contributed by atoms with van der Waals surface area (Å²) in [7, 11) is 0. The lowest BCUT2D eigenvalue weighted by Crippen LogP contribution is -1.74. The van der Waals surface area contributed by atoms with Gasteiger partial charge in [0.05, 0.1) is 0 Å². The summed E-state index contributed by atoms with van der Waals surface area (Å²) >= 11 is 0. The zero-order chi connectivity index (χ0) is 11.2. The third kappa shape index (κ3) is 13.2. The van der Waals surface area contributed by atoms with Crippen molar-refractivity contribution in [2.75, 3.05) is 0 Å². The summed E-state index contributed by atoms with van der Waals surface area (Å²) in [5.74, 6) is 0. The minimum atomic E-state index is 0.837. The summed E-state index contributed by atoms with van der Waals surface area (Å²) < 4.78 is 0. The number of unbranched alkanes of at least 4 members (excludes halogenated alkanes) is 6. The summed E-state index contributed by atoms with van der Waals surface area (Å²) in [5, 5.41) is 0. The Morgan fingerprint density at radius 1 is 0.800 bits per heavy atom. The van der Waals surface area contributed by atoms with E-state index < -0.39 is 0 Å². The standard InChI is InChI=1S/C14H24O/c1-2-3-4-5-6-7-8-9-10-11-12-13-14-15/h7-8,12-14H,2-6,9-11H2,1H3. The Hall–Kier alpha value is -0.850. The van der Waals surface area contributed by atoms with Gasteiger partial charge in [0.1, 0.15) is 6.29 Å². The molecule has 0 aliphatic rings. The van der Waals surface area contributed by atoms with Crippen molar-refractivity contribution in [2.24, 2.45) is 0 Å². The second kappa shape index (κ2) is 13.2. The predicted octanol–water partition coefficient (Wildman–Crippen LogP) is 4.44. The van der Waals surface area contributed by atoms with Crippen LogP contribution in [0.15, 0.2) is 24.3 Å². The van der Waals surface area contributed by atoms with E-state index in [4.69, 9.17) is 0 Å². The maximum atomic E-state index is 9.96. The number of hydrogen-bond acceptors (Lipinski definition) is 1. The summed E-state index contributed by atoms with van der Waals surface area (Å²) in [6, 6.07) is 0. The molecule has 0 heterocycles. The van der Waals surface area contributed by atoms with Gasteiger partial charge in [-0.25, -0.2) is 0 Å². The van der Waals surface area contributed by atoms with Crippen molar-refractivity contribution in [2.45, 2.75) is 58.3 Å². The molecule has 0 N–H and O–H groups in total. The molecule has 0 aromatic heterocycles. The van der Waals surface area contributed by atoms with Gasteiger partial charge in [-0.15, -0.1) is 0 Å². The van der Waals surface area contributed by atoms with E-state index in [1.165, 1.54) is 32.1 Å². The Morgan fingerprint density at radius 3 is 2.13 bits per heavy atom. The number of rotatable bonds is 10. The molecule has 0 amide bonds. The van der Waals surface area contributed by atoms with Crippen molar-refractivity contribution in [3.05, 3.63) is 24.3 Å². The Labute approximate surface area is 94.3 Å². The Bertz CT molecular complexity index is 180. The topological polar surface area (TPSA) is 17.1 Å². The molecule has 0 aliphatic heterocycles. The maximum absolute atomic E-state index is 9.96. The molecule has 15 heavy (non-hydrogen) atoms. The van der Waals surface area contributed by atoms with E-state index in [-0.39, 0.29) is 0 Å². The van der Waals surface area contributed by atoms with Crippen LogP contribution in [0.25, 0.3) is 0 Å². The summed E-state index contributed by atoms with van der Waals surface area (Å²) in [6.07, 6.45) is 18.8. The van der Waals surface area contributed by atoms with Crippen molar-refractivity contribution in [3.8, 4) is 0 Å². The van der Waals surface area contributed by atoms with Gasteiger partial charge in [0.15, 0.2) is 0 Å². The zero-order valence-corrected chi connectivity index (χ0v) is 9.95. The van der Waals surface area contributed by atoms with E-state index in [0.29, 0.717) is 0 Å². The number of carbonyl (C=O) groups excluding carboxylic acids is 1. The molecule has 86 valence electrons. The lowest BCUT2D eigenvalue weighted by Gasteiger charge is -1.94. The molecule has 0 rings (SSSR count). The van der Waals surface area contributed by atoms with Gasteiger partial charge >= 0.3 is 0 Å². The van der Waals surface area contributed by atoms with Crippen molar-refractivity contribution in [1.82, 2.24) is 0 Å². The number of aldehydes is 1. The van der Waals surface area contributed by atoms with Crippen molar-refractivity contribution < 1.29 is 4.79 Å². The van der Waals surface area contributed by atoms with E-state index in [1.54, 1.807) is 6.08 Å². The Balaban J connectivity index is 3.10.